The number of hydrogen-bond acceptors (Lipinski definition) is 5. The van der Waals surface area contributed by atoms with Gasteiger partial charge in [0.05, 0.1) is 0 Å². The number of hydrogen-bond donors (Lipinski definition) is 1. The molecule has 1 N–H and O–H groups in total. The van der Waals surface area contributed by atoms with Gasteiger partial charge in [0, 0.05) is 38.9 Å². The van der Waals surface area contributed by atoms with E-state index in [4.69, 9.17) is 0 Å². The lowest BCUT2D eigenvalue weighted by Gasteiger charge is -2.32. The van der Waals surface area contributed by atoms with Gasteiger partial charge >= 0.3 is 0 Å². The van der Waals surface area contributed by atoms with E-state index in [0.717, 1.165) is 44.5 Å². The van der Waals surface area contributed by atoms with Gasteiger partial charge in [-0.1, -0.05) is 24.3 Å². The van der Waals surface area contributed by atoms with Gasteiger partial charge in [-0.25, -0.2) is 4.98 Å². The van der Waals surface area contributed by atoms with Crippen molar-refractivity contribution in [3.63, 3.8) is 0 Å². The molecule has 116 valence electrons. The SMILES string of the molecule is Cc1ccccc1CNc1ccnc(N2CCN(C)CC2)n1. The first-order valence-corrected chi connectivity index (χ1v) is 7.77. The van der Waals surface area contributed by atoms with Crippen molar-refractivity contribution in [1.82, 2.24) is 14.9 Å². The summed E-state index contributed by atoms with van der Waals surface area (Å²) < 4.78 is 0. The second kappa shape index (κ2) is 6.75. The lowest BCUT2D eigenvalue weighted by molar-refractivity contribution is 0.311. The normalized spacial score (nSPS) is 15.8. The Labute approximate surface area is 132 Å². The lowest BCUT2D eigenvalue weighted by atomic mass is 10.1. The summed E-state index contributed by atoms with van der Waals surface area (Å²) in [6.07, 6.45) is 1.83. The molecule has 2 aromatic rings. The van der Waals surface area contributed by atoms with E-state index in [1.807, 2.05) is 12.3 Å². The standard InChI is InChI=1S/C17H23N5/c1-14-5-3-4-6-15(14)13-19-16-7-8-18-17(20-16)22-11-9-21(2)10-12-22/h3-8H,9-13H2,1-2H3,(H,18,19,20). The Kier molecular flexibility index (Phi) is 4.53. The number of aromatic nitrogens is 2. The van der Waals surface area contributed by atoms with Crippen molar-refractivity contribution in [3.8, 4) is 0 Å². The number of piperazine rings is 1. The molecule has 1 fully saturated rings. The molecule has 1 aromatic carbocycles. The van der Waals surface area contributed by atoms with Gasteiger partial charge in [-0.15, -0.1) is 0 Å². The second-order valence-electron chi connectivity index (χ2n) is 5.81. The molecule has 5 heteroatoms. The second-order valence-corrected chi connectivity index (χ2v) is 5.81. The Morgan fingerprint density at radius 1 is 1.09 bits per heavy atom. The highest BCUT2D eigenvalue weighted by Crippen LogP contribution is 2.14. The third-order valence-corrected chi connectivity index (χ3v) is 4.15. The van der Waals surface area contributed by atoms with Crippen LogP contribution in [0.1, 0.15) is 11.1 Å². The summed E-state index contributed by atoms with van der Waals surface area (Å²) in [4.78, 5) is 13.6. The van der Waals surface area contributed by atoms with E-state index in [1.54, 1.807) is 0 Å². The van der Waals surface area contributed by atoms with Crippen LogP contribution in [-0.2, 0) is 6.54 Å². The molecule has 0 spiro atoms. The largest absolute Gasteiger partial charge is 0.366 e. The molecule has 0 bridgehead atoms. The van der Waals surface area contributed by atoms with Crippen LogP contribution in [0.15, 0.2) is 36.5 Å². The first-order chi connectivity index (χ1) is 10.7. The molecule has 0 radical (unpaired) electrons. The number of nitrogens with zero attached hydrogens (tertiary/aromatic N) is 4. The molecule has 0 amide bonds. The van der Waals surface area contributed by atoms with Crippen LogP contribution in [0.5, 0.6) is 0 Å². The highest BCUT2D eigenvalue weighted by molar-refractivity contribution is 5.42. The fourth-order valence-corrected chi connectivity index (χ4v) is 2.60. The van der Waals surface area contributed by atoms with Crippen LogP contribution in [0.3, 0.4) is 0 Å². The zero-order valence-electron chi connectivity index (χ0n) is 13.3. The summed E-state index contributed by atoms with van der Waals surface area (Å²) in [7, 11) is 2.15. The van der Waals surface area contributed by atoms with Crippen LogP contribution < -0.4 is 10.2 Å². The van der Waals surface area contributed by atoms with Crippen molar-refractivity contribution in [1.29, 1.82) is 0 Å². The number of nitrogens with one attached hydrogen (secondary N) is 1. The van der Waals surface area contributed by atoms with E-state index in [9.17, 15) is 0 Å². The Bertz CT molecular complexity index is 620. The maximum atomic E-state index is 4.65. The van der Waals surface area contributed by atoms with Gasteiger partial charge in [0.1, 0.15) is 5.82 Å². The molecule has 5 nitrogen and oxygen atoms in total. The fraction of sp³-hybridized carbons (Fsp3) is 0.412. The molecule has 0 atom stereocenters. The number of benzene rings is 1. The summed E-state index contributed by atoms with van der Waals surface area (Å²) in [6.45, 7) is 7.00. The third kappa shape index (κ3) is 3.54. The van der Waals surface area contributed by atoms with Crippen LogP contribution in [0.2, 0.25) is 0 Å². The minimum atomic E-state index is 0.784. The minimum absolute atomic E-state index is 0.784. The molecule has 0 unspecified atom stereocenters. The Morgan fingerprint density at radius 2 is 1.86 bits per heavy atom. The van der Waals surface area contributed by atoms with Crippen LogP contribution in [0.4, 0.5) is 11.8 Å². The predicted molar refractivity (Wildman–Crippen MR) is 90.2 cm³/mol. The first-order valence-electron chi connectivity index (χ1n) is 7.77. The predicted octanol–water partition coefficient (Wildman–Crippen LogP) is 2.15. The van der Waals surface area contributed by atoms with Gasteiger partial charge < -0.3 is 15.1 Å². The fourth-order valence-electron chi connectivity index (χ4n) is 2.60. The molecule has 1 aliphatic rings. The third-order valence-electron chi connectivity index (χ3n) is 4.15. The molecule has 1 aromatic heterocycles. The molecule has 3 rings (SSSR count). The monoisotopic (exact) mass is 297 g/mol. The van der Waals surface area contributed by atoms with Crippen molar-refractivity contribution in [3.05, 3.63) is 47.7 Å². The summed E-state index contributed by atoms with van der Waals surface area (Å²) in [5.41, 5.74) is 2.59. The van der Waals surface area contributed by atoms with Crippen molar-refractivity contribution in [2.24, 2.45) is 0 Å². The van der Waals surface area contributed by atoms with E-state index in [-0.39, 0.29) is 0 Å². The van der Waals surface area contributed by atoms with E-state index in [1.165, 1.54) is 11.1 Å². The quantitative estimate of drug-likeness (QED) is 0.937. The number of aryl methyl sites for hydroxylation is 1. The van der Waals surface area contributed by atoms with Crippen molar-refractivity contribution in [2.45, 2.75) is 13.5 Å². The molecule has 1 saturated heterocycles. The number of likely N-dealkylation sites (N-methyl/N-ethyl adjacent to an activating group) is 1. The molecule has 22 heavy (non-hydrogen) atoms. The molecule has 0 aliphatic carbocycles. The van der Waals surface area contributed by atoms with Gasteiger partial charge in [0.2, 0.25) is 5.95 Å². The summed E-state index contributed by atoms with van der Waals surface area (Å²) in [5, 5.41) is 3.40. The summed E-state index contributed by atoms with van der Waals surface area (Å²) in [6, 6.07) is 10.3. The average molecular weight is 297 g/mol. The first kappa shape index (κ1) is 14.8. The van der Waals surface area contributed by atoms with Gasteiger partial charge in [-0.2, -0.15) is 4.98 Å². The van der Waals surface area contributed by atoms with Gasteiger partial charge in [0.15, 0.2) is 0 Å². The van der Waals surface area contributed by atoms with Crippen molar-refractivity contribution < 1.29 is 0 Å². The minimum Gasteiger partial charge on any atom is -0.366 e. The molecule has 2 heterocycles. The van der Waals surface area contributed by atoms with E-state index >= 15 is 0 Å². The topological polar surface area (TPSA) is 44.3 Å². The molecular weight excluding hydrogens is 274 g/mol. The Balaban J connectivity index is 1.65. The molecule has 0 saturated carbocycles. The zero-order chi connectivity index (χ0) is 15.4. The maximum absolute atomic E-state index is 4.65. The molecular formula is C17H23N5. The zero-order valence-corrected chi connectivity index (χ0v) is 13.3. The summed E-state index contributed by atoms with van der Waals surface area (Å²) in [5.74, 6) is 1.70. The summed E-state index contributed by atoms with van der Waals surface area (Å²) >= 11 is 0. The van der Waals surface area contributed by atoms with Crippen molar-refractivity contribution in [2.75, 3.05) is 43.4 Å². The van der Waals surface area contributed by atoms with Crippen LogP contribution in [-0.4, -0.2) is 48.1 Å². The maximum Gasteiger partial charge on any atom is 0.227 e. The smallest absolute Gasteiger partial charge is 0.227 e. The van der Waals surface area contributed by atoms with Crippen LogP contribution >= 0.6 is 0 Å². The number of rotatable bonds is 4. The van der Waals surface area contributed by atoms with Crippen LogP contribution in [0.25, 0.3) is 0 Å². The molecule has 1 aliphatic heterocycles. The highest BCUT2D eigenvalue weighted by Gasteiger charge is 2.16. The average Bonchev–Trinajstić information content (AvgIpc) is 2.55. The van der Waals surface area contributed by atoms with E-state index < -0.39 is 0 Å². The van der Waals surface area contributed by atoms with E-state index in [0.29, 0.717) is 0 Å². The van der Waals surface area contributed by atoms with Crippen molar-refractivity contribution >= 4 is 11.8 Å². The van der Waals surface area contributed by atoms with Gasteiger partial charge in [0.25, 0.3) is 0 Å². The van der Waals surface area contributed by atoms with E-state index in [2.05, 4.69) is 63.3 Å². The Morgan fingerprint density at radius 3 is 2.64 bits per heavy atom. The van der Waals surface area contributed by atoms with Gasteiger partial charge in [-0.05, 0) is 31.2 Å². The van der Waals surface area contributed by atoms with Gasteiger partial charge in [-0.3, -0.25) is 0 Å². The van der Waals surface area contributed by atoms with Crippen LogP contribution in [0, 0.1) is 6.92 Å². The lowest BCUT2D eigenvalue weighted by Crippen LogP contribution is -2.45. The Hall–Kier alpha value is -2.14. The highest BCUT2D eigenvalue weighted by atomic mass is 15.3. The number of anilines is 2.